The molecule has 0 amide bonds. The van der Waals surface area contributed by atoms with Crippen molar-refractivity contribution in [2.24, 2.45) is 0 Å². The van der Waals surface area contributed by atoms with Crippen LogP contribution in [0.4, 0.5) is 20.4 Å². The molecule has 2 aromatic heterocycles. The number of hydrogen-bond acceptors (Lipinski definition) is 8. The van der Waals surface area contributed by atoms with Crippen molar-refractivity contribution < 1.29 is 17.2 Å². The summed E-state index contributed by atoms with van der Waals surface area (Å²) in [4.78, 5) is 26.7. The minimum atomic E-state index is -3.88. The van der Waals surface area contributed by atoms with E-state index in [1.54, 1.807) is 30.3 Å². The van der Waals surface area contributed by atoms with Gasteiger partial charge in [0.1, 0.15) is 23.2 Å². The first kappa shape index (κ1) is 27.6. The largest absolute Gasteiger partial charge is 0.350 e. The lowest BCUT2D eigenvalue weighted by molar-refractivity contribution is 0.254. The fourth-order valence-corrected chi connectivity index (χ4v) is 5.87. The minimum absolute atomic E-state index is 0.0279. The average molecular weight is 570 g/mol. The van der Waals surface area contributed by atoms with Gasteiger partial charge in [0.25, 0.3) is 5.56 Å². The third-order valence-electron chi connectivity index (χ3n) is 6.49. The quantitative estimate of drug-likeness (QED) is 0.293. The normalized spacial score (nSPS) is 17.7. The summed E-state index contributed by atoms with van der Waals surface area (Å²) in [6, 6.07) is 11.8. The van der Waals surface area contributed by atoms with E-state index in [1.165, 1.54) is 22.9 Å². The molecule has 1 fully saturated rings. The van der Waals surface area contributed by atoms with Crippen molar-refractivity contribution in [3.05, 3.63) is 76.5 Å². The Labute approximate surface area is 229 Å². The molecule has 0 radical (unpaired) electrons. The van der Waals surface area contributed by atoms with Crippen LogP contribution in [-0.2, 0) is 15.8 Å². The second-order valence-corrected chi connectivity index (χ2v) is 11.7. The molecule has 3 heterocycles. The van der Waals surface area contributed by atoms with Gasteiger partial charge in [-0.25, -0.2) is 27.2 Å². The summed E-state index contributed by atoms with van der Waals surface area (Å²) in [6.07, 6.45) is 0.792. The van der Waals surface area contributed by atoms with E-state index < -0.39 is 27.6 Å². The van der Waals surface area contributed by atoms with Gasteiger partial charge >= 0.3 is 0 Å². The number of anilines is 2. The Bertz CT molecular complexity index is 1700. The highest BCUT2D eigenvalue weighted by Gasteiger charge is 2.23. The lowest BCUT2D eigenvalue weighted by Gasteiger charge is -2.26. The fraction of sp³-hybridized carbons (Fsp3) is 0.333. The molecule has 40 heavy (non-hydrogen) atoms. The number of aromatic nitrogens is 4. The summed E-state index contributed by atoms with van der Waals surface area (Å²) in [5, 5.41) is 6.12. The third kappa shape index (κ3) is 6.10. The molecule has 10 nitrogen and oxygen atoms in total. The molecule has 0 saturated carbocycles. The molecule has 0 unspecified atom stereocenters. The standard InChI is InChI=1S/C27H29F2N7O3S/c1-16(2)36-25-23(14-31-27(34-25)32-20-11-19(28)12-30-13-20)33-24(26(36)37)18-8-9-22(21(29)10-18)35-40(38,39)15-17-6-4-3-5-7-17/h3-10,14,16,19-20,30,35H,11-13,15H2,1-2H3,(H,31,32,34)/t19-,20-/m0/s1. The lowest BCUT2D eigenvalue weighted by Crippen LogP contribution is -2.44. The zero-order chi connectivity index (χ0) is 28.4. The van der Waals surface area contributed by atoms with Crippen molar-refractivity contribution in [3.8, 4) is 11.3 Å². The van der Waals surface area contributed by atoms with Gasteiger partial charge in [0, 0.05) is 37.2 Å². The molecule has 210 valence electrons. The van der Waals surface area contributed by atoms with Crippen molar-refractivity contribution in [2.75, 3.05) is 23.1 Å². The zero-order valence-corrected chi connectivity index (χ0v) is 22.8. The van der Waals surface area contributed by atoms with Crippen LogP contribution in [0.2, 0.25) is 0 Å². The van der Waals surface area contributed by atoms with Crippen LogP contribution in [0, 0.1) is 5.82 Å². The van der Waals surface area contributed by atoms with Crippen LogP contribution in [0.5, 0.6) is 0 Å². The highest BCUT2D eigenvalue weighted by molar-refractivity contribution is 7.91. The van der Waals surface area contributed by atoms with Crippen LogP contribution in [-0.4, -0.2) is 53.2 Å². The third-order valence-corrected chi connectivity index (χ3v) is 7.73. The van der Waals surface area contributed by atoms with E-state index in [9.17, 15) is 17.6 Å². The average Bonchev–Trinajstić information content (AvgIpc) is 2.89. The van der Waals surface area contributed by atoms with Crippen LogP contribution in [0.15, 0.2) is 59.5 Å². The smallest absolute Gasteiger partial charge is 0.278 e. The number of alkyl halides is 1. The molecule has 3 N–H and O–H groups in total. The van der Waals surface area contributed by atoms with E-state index in [4.69, 9.17) is 0 Å². The number of halogens is 2. The zero-order valence-electron chi connectivity index (χ0n) is 21.9. The van der Waals surface area contributed by atoms with Gasteiger partial charge in [0.2, 0.25) is 16.0 Å². The van der Waals surface area contributed by atoms with E-state index in [2.05, 4.69) is 30.3 Å². The fourth-order valence-electron chi connectivity index (χ4n) is 4.66. The number of piperidine rings is 1. The maximum absolute atomic E-state index is 15.1. The van der Waals surface area contributed by atoms with Crippen LogP contribution >= 0.6 is 0 Å². The molecule has 1 aliphatic rings. The summed E-state index contributed by atoms with van der Waals surface area (Å²) in [7, 11) is -3.88. The number of fused-ring (bicyclic) bond motifs is 1. The second kappa shape index (κ2) is 11.3. The molecule has 2 atom stereocenters. The number of sulfonamides is 1. The first-order chi connectivity index (χ1) is 19.1. The maximum atomic E-state index is 15.1. The molecular weight excluding hydrogens is 540 g/mol. The molecule has 5 rings (SSSR count). The van der Waals surface area contributed by atoms with Crippen LogP contribution in [0.3, 0.4) is 0 Å². The van der Waals surface area contributed by atoms with Gasteiger partial charge in [-0.2, -0.15) is 4.98 Å². The molecule has 0 aliphatic carbocycles. The second-order valence-electron chi connectivity index (χ2n) is 10.0. The van der Waals surface area contributed by atoms with E-state index >= 15 is 4.39 Å². The van der Waals surface area contributed by atoms with Crippen molar-refractivity contribution in [1.82, 2.24) is 24.8 Å². The van der Waals surface area contributed by atoms with Gasteiger partial charge in [0.15, 0.2) is 5.65 Å². The van der Waals surface area contributed by atoms with E-state index in [1.807, 2.05) is 13.8 Å². The van der Waals surface area contributed by atoms with Crippen LogP contribution < -0.4 is 20.9 Å². The lowest BCUT2D eigenvalue weighted by atomic mass is 10.1. The summed E-state index contributed by atoms with van der Waals surface area (Å²) < 4.78 is 57.7. The molecule has 0 spiro atoms. The molecule has 1 saturated heterocycles. The molecule has 13 heteroatoms. The van der Waals surface area contributed by atoms with Gasteiger partial charge in [-0.05, 0) is 31.5 Å². The predicted molar refractivity (Wildman–Crippen MR) is 150 cm³/mol. The van der Waals surface area contributed by atoms with Gasteiger partial charge in [-0.15, -0.1) is 0 Å². The highest BCUT2D eigenvalue weighted by atomic mass is 32.2. The molecule has 2 aromatic carbocycles. The Morgan fingerprint density at radius 1 is 1.12 bits per heavy atom. The number of benzene rings is 2. The Kier molecular flexibility index (Phi) is 7.76. The summed E-state index contributed by atoms with van der Waals surface area (Å²) in [6.45, 7) is 4.48. The Morgan fingerprint density at radius 2 is 1.90 bits per heavy atom. The first-order valence-electron chi connectivity index (χ1n) is 12.8. The van der Waals surface area contributed by atoms with Crippen LogP contribution in [0.1, 0.15) is 31.9 Å². The molecule has 4 aromatic rings. The number of nitrogens with zero attached hydrogens (tertiary/aromatic N) is 4. The predicted octanol–water partition coefficient (Wildman–Crippen LogP) is 3.63. The highest BCUT2D eigenvalue weighted by Crippen LogP contribution is 2.25. The topological polar surface area (TPSA) is 131 Å². The van der Waals surface area contributed by atoms with Crippen molar-refractivity contribution in [3.63, 3.8) is 0 Å². The van der Waals surface area contributed by atoms with E-state index in [0.29, 0.717) is 30.6 Å². The van der Waals surface area contributed by atoms with Gasteiger partial charge in [0.05, 0.1) is 17.6 Å². The SMILES string of the molecule is CC(C)n1c(=O)c(-c2ccc(NS(=O)(=O)Cc3ccccc3)c(F)c2)nc2cnc(N[C@@H]3CNC[C@@H](F)C3)nc21. The van der Waals surface area contributed by atoms with Gasteiger partial charge in [-0.3, -0.25) is 14.1 Å². The van der Waals surface area contributed by atoms with Crippen LogP contribution in [0.25, 0.3) is 22.4 Å². The first-order valence-corrected chi connectivity index (χ1v) is 14.5. The summed E-state index contributed by atoms with van der Waals surface area (Å²) >= 11 is 0. The monoisotopic (exact) mass is 569 g/mol. The minimum Gasteiger partial charge on any atom is -0.350 e. The number of rotatable bonds is 8. The van der Waals surface area contributed by atoms with Gasteiger partial charge in [-0.1, -0.05) is 36.4 Å². The Hall–Kier alpha value is -3.97. The summed E-state index contributed by atoms with van der Waals surface area (Å²) in [5.74, 6) is -0.924. The number of nitrogens with one attached hydrogen (secondary N) is 3. The van der Waals surface area contributed by atoms with Crippen molar-refractivity contribution >= 4 is 32.8 Å². The van der Waals surface area contributed by atoms with E-state index in [-0.39, 0.29) is 46.4 Å². The number of hydrogen-bond donors (Lipinski definition) is 3. The van der Waals surface area contributed by atoms with Crippen molar-refractivity contribution in [1.29, 1.82) is 0 Å². The van der Waals surface area contributed by atoms with E-state index in [0.717, 1.165) is 6.07 Å². The Morgan fingerprint density at radius 3 is 2.60 bits per heavy atom. The molecule has 0 bridgehead atoms. The van der Waals surface area contributed by atoms with Gasteiger partial charge < -0.3 is 10.6 Å². The molecule has 1 aliphatic heterocycles. The van der Waals surface area contributed by atoms with Crippen molar-refractivity contribution in [2.45, 2.75) is 44.3 Å². The molecular formula is C27H29F2N7O3S. The Balaban J connectivity index is 1.45. The summed E-state index contributed by atoms with van der Waals surface area (Å²) in [5.41, 5.74) is 0.571. The maximum Gasteiger partial charge on any atom is 0.278 e.